The van der Waals surface area contributed by atoms with E-state index in [9.17, 15) is 18.4 Å². The fourth-order valence-corrected chi connectivity index (χ4v) is 2.86. The van der Waals surface area contributed by atoms with Crippen LogP contribution in [0, 0.1) is 19.1 Å². The summed E-state index contributed by atoms with van der Waals surface area (Å²) in [6.07, 6.45) is -1.01. The van der Waals surface area contributed by atoms with Crippen molar-refractivity contribution in [2.45, 2.75) is 37.8 Å². The molecule has 0 unspecified atom stereocenters. The highest BCUT2D eigenvalue weighted by atomic mass is 32.2. The van der Waals surface area contributed by atoms with Gasteiger partial charge >= 0.3 is 6.18 Å². The van der Waals surface area contributed by atoms with Gasteiger partial charge in [-0.05, 0) is 25.5 Å². The van der Waals surface area contributed by atoms with Gasteiger partial charge in [0.1, 0.15) is 6.61 Å². The Kier molecular flexibility index (Phi) is 8.72. The molecule has 0 radical (unpaired) electrons. The molecule has 0 spiro atoms. The second-order valence-corrected chi connectivity index (χ2v) is 6.19. The third-order valence-electron chi connectivity index (χ3n) is 3.18. The first kappa shape index (κ1) is 20.1. The molecule has 1 aromatic rings. The van der Waals surface area contributed by atoms with Crippen LogP contribution in [0.4, 0.5) is 13.2 Å². The first-order valence-electron chi connectivity index (χ1n) is 7.35. The fourth-order valence-electron chi connectivity index (χ4n) is 1.77. The number of hydrogen-bond donors (Lipinski definition) is 0. The van der Waals surface area contributed by atoms with Crippen LogP contribution < -0.4 is 4.73 Å². The average Bonchev–Trinajstić information content (AvgIpc) is 2.47. The molecule has 0 saturated heterocycles. The van der Waals surface area contributed by atoms with Crippen molar-refractivity contribution in [3.8, 4) is 0 Å². The van der Waals surface area contributed by atoms with Gasteiger partial charge in [0.25, 0.3) is 0 Å². The average molecular weight is 353 g/mol. The molecule has 0 aliphatic heterocycles. The van der Waals surface area contributed by atoms with Gasteiger partial charge in [0, 0.05) is 30.1 Å². The van der Waals surface area contributed by atoms with Crippen LogP contribution in [0.2, 0.25) is 0 Å². The van der Waals surface area contributed by atoms with Gasteiger partial charge < -0.3 is 14.7 Å². The maximum atomic E-state index is 11.8. The molecule has 1 aromatic heterocycles. The van der Waals surface area contributed by atoms with Crippen LogP contribution in [0.25, 0.3) is 0 Å². The van der Waals surface area contributed by atoms with Crippen LogP contribution >= 0.6 is 11.8 Å². The fraction of sp³-hybridized carbons (Fsp3) is 0.667. The Morgan fingerprint density at radius 2 is 1.83 bits per heavy atom. The molecular formula is C15H22F3NO3S. The van der Waals surface area contributed by atoms with E-state index in [1.54, 1.807) is 18.7 Å². The van der Waals surface area contributed by atoms with Gasteiger partial charge in [-0.15, -0.1) is 11.8 Å². The van der Waals surface area contributed by atoms with Gasteiger partial charge in [0.15, 0.2) is 11.9 Å². The third-order valence-corrected chi connectivity index (χ3v) is 4.43. The Bertz CT molecular complexity index is 484. The summed E-state index contributed by atoms with van der Waals surface area (Å²) in [4.78, 5) is 1.09. The van der Waals surface area contributed by atoms with E-state index < -0.39 is 12.8 Å². The van der Waals surface area contributed by atoms with Crippen molar-refractivity contribution >= 4 is 11.8 Å². The minimum atomic E-state index is -4.28. The molecule has 1 rings (SSSR count). The van der Waals surface area contributed by atoms with E-state index >= 15 is 0 Å². The molecule has 0 fully saturated rings. The van der Waals surface area contributed by atoms with Crippen LogP contribution in [-0.2, 0) is 9.47 Å². The Morgan fingerprint density at radius 1 is 1.13 bits per heavy atom. The largest absolute Gasteiger partial charge is 0.619 e. The van der Waals surface area contributed by atoms with Crippen LogP contribution in [-0.4, -0.2) is 38.4 Å². The van der Waals surface area contributed by atoms with Crippen LogP contribution in [0.15, 0.2) is 17.2 Å². The number of ether oxygens (including phenoxy) is 2. The Morgan fingerprint density at radius 3 is 2.52 bits per heavy atom. The summed E-state index contributed by atoms with van der Waals surface area (Å²) in [5.74, 6) is 0.900. The predicted octanol–water partition coefficient (Wildman–Crippen LogP) is 3.40. The summed E-state index contributed by atoms with van der Waals surface area (Å²) >= 11 is 1.69. The van der Waals surface area contributed by atoms with E-state index in [0.717, 1.165) is 33.8 Å². The van der Waals surface area contributed by atoms with E-state index in [-0.39, 0.29) is 13.2 Å². The van der Waals surface area contributed by atoms with E-state index in [4.69, 9.17) is 4.74 Å². The van der Waals surface area contributed by atoms with Crippen molar-refractivity contribution in [2.24, 2.45) is 0 Å². The van der Waals surface area contributed by atoms with Crippen molar-refractivity contribution in [3.63, 3.8) is 0 Å². The van der Waals surface area contributed by atoms with Gasteiger partial charge in [0.05, 0.1) is 13.2 Å². The second-order valence-electron chi connectivity index (χ2n) is 5.05. The van der Waals surface area contributed by atoms with Crippen LogP contribution in [0.1, 0.15) is 24.1 Å². The quantitative estimate of drug-likeness (QED) is 0.280. The summed E-state index contributed by atoms with van der Waals surface area (Å²) < 4.78 is 45.9. The number of hydrogen-bond acceptors (Lipinski definition) is 4. The summed E-state index contributed by atoms with van der Waals surface area (Å²) in [6, 6.07) is 1.81. The van der Waals surface area contributed by atoms with E-state index in [0.29, 0.717) is 12.3 Å². The van der Waals surface area contributed by atoms with E-state index in [1.165, 1.54) is 6.20 Å². The Balaban J connectivity index is 2.03. The smallest absolute Gasteiger partial charge is 0.411 e. The predicted molar refractivity (Wildman–Crippen MR) is 82.5 cm³/mol. The lowest BCUT2D eigenvalue weighted by Crippen LogP contribution is -2.30. The topological polar surface area (TPSA) is 45.4 Å². The van der Waals surface area contributed by atoms with Crippen molar-refractivity contribution in [1.29, 1.82) is 0 Å². The zero-order valence-electron chi connectivity index (χ0n) is 13.3. The number of aromatic nitrogens is 1. The number of nitrogens with zero attached hydrogens (tertiary/aromatic N) is 1. The highest BCUT2D eigenvalue weighted by Gasteiger charge is 2.27. The van der Waals surface area contributed by atoms with Gasteiger partial charge in [0.2, 0.25) is 0 Å². The molecule has 8 heteroatoms. The highest BCUT2D eigenvalue weighted by Crippen LogP contribution is 2.23. The van der Waals surface area contributed by atoms with Crippen molar-refractivity contribution in [1.82, 2.24) is 0 Å². The summed E-state index contributed by atoms with van der Waals surface area (Å²) in [6.45, 7) is 3.11. The maximum absolute atomic E-state index is 11.8. The zero-order valence-corrected chi connectivity index (χ0v) is 14.1. The zero-order chi connectivity index (χ0) is 17.3. The van der Waals surface area contributed by atoms with Crippen LogP contribution in [0.3, 0.4) is 0 Å². The number of pyridine rings is 1. The SMILES string of the molecule is Cc1c(SCCCCOCCOCC(F)(F)F)cc[n+]([O-])c1C. The Hall–Kier alpha value is -0.990. The normalized spacial score (nSPS) is 11.9. The minimum Gasteiger partial charge on any atom is -0.619 e. The van der Waals surface area contributed by atoms with E-state index in [2.05, 4.69) is 4.74 Å². The Labute approximate surface area is 138 Å². The molecular weight excluding hydrogens is 331 g/mol. The summed E-state index contributed by atoms with van der Waals surface area (Å²) in [5.41, 5.74) is 1.70. The molecule has 0 saturated carbocycles. The molecule has 4 nitrogen and oxygen atoms in total. The molecule has 0 atom stereocenters. The number of halogens is 3. The molecule has 0 N–H and O–H groups in total. The number of alkyl halides is 3. The first-order chi connectivity index (χ1) is 10.8. The number of unbranched alkanes of at least 4 members (excludes halogenated alkanes) is 1. The standard InChI is InChI=1S/C15H22F3NO3S/c1-12-13(2)19(20)6-5-14(12)23-10-4-3-7-21-8-9-22-11-15(16,17)18/h5-6H,3-4,7-11H2,1-2H3. The van der Waals surface area contributed by atoms with Crippen molar-refractivity contribution in [2.75, 3.05) is 32.2 Å². The molecule has 0 aromatic carbocycles. The minimum absolute atomic E-state index is 0.0497. The molecule has 0 aliphatic rings. The van der Waals surface area contributed by atoms with Gasteiger partial charge in [-0.2, -0.15) is 17.9 Å². The molecule has 132 valence electrons. The molecule has 1 heterocycles. The third kappa shape index (κ3) is 8.43. The highest BCUT2D eigenvalue weighted by molar-refractivity contribution is 7.99. The van der Waals surface area contributed by atoms with Crippen LogP contribution in [0.5, 0.6) is 0 Å². The lowest BCUT2D eigenvalue weighted by molar-refractivity contribution is -0.613. The van der Waals surface area contributed by atoms with Gasteiger partial charge in [-0.3, -0.25) is 0 Å². The van der Waals surface area contributed by atoms with E-state index in [1.807, 2.05) is 13.0 Å². The molecule has 0 aliphatic carbocycles. The lowest BCUT2D eigenvalue weighted by Gasteiger charge is -2.09. The summed E-state index contributed by atoms with van der Waals surface area (Å²) in [7, 11) is 0. The summed E-state index contributed by atoms with van der Waals surface area (Å²) in [5, 5.41) is 11.4. The first-order valence-corrected chi connectivity index (χ1v) is 8.34. The molecule has 23 heavy (non-hydrogen) atoms. The maximum Gasteiger partial charge on any atom is 0.411 e. The number of rotatable bonds is 10. The lowest BCUT2D eigenvalue weighted by atomic mass is 10.2. The second kappa shape index (κ2) is 10.00. The molecule has 0 bridgehead atoms. The monoisotopic (exact) mass is 353 g/mol. The van der Waals surface area contributed by atoms with Crippen molar-refractivity contribution < 1.29 is 27.4 Å². The van der Waals surface area contributed by atoms with Gasteiger partial charge in [-0.1, -0.05) is 0 Å². The van der Waals surface area contributed by atoms with Gasteiger partial charge in [-0.25, -0.2) is 0 Å². The van der Waals surface area contributed by atoms with Crippen molar-refractivity contribution in [3.05, 3.63) is 28.7 Å². The number of thioether (sulfide) groups is 1. The molecule has 0 amide bonds.